The predicted molar refractivity (Wildman–Crippen MR) is 48.2 cm³/mol. The molecular formula is C10H10O2. The molecule has 0 saturated carbocycles. The first kappa shape index (κ1) is 8.53. The summed E-state index contributed by atoms with van der Waals surface area (Å²) < 4.78 is 0. The maximum absolute atomic E-state index is 10.9. The lowest BCUT2D eigenvalue weighted by Crippen LogP contribution is -1.91. The summed E-state index contributed by atoms with van der Waals surface area (Å²) in [5, 5.41) is 9.23. The van der Waals surface area contributed by atoms with Crippen molar-refractivity contribution in [2.75, 3.05) is 0 Å². The normalized spacial score (nSPS) is 9.42. The van der Waals surface area contributed by atoms with Gasteiger partial charge in [0, 0.05) is 11.1 Å². The summed E-state index contributed by atoms with van der Waals surface area (Å²) in [5.74, 6) is 0.133. The van der Waals surface area contributed by atoms with Crippen LogP contribution in [0.5, 0.6) is 5.75 Å². The molecule has 0 radical (unpaired) electrons. The van der Waals surface area contributed by atoms with Crippen LogP contribution in [0.1, 0.15) is 22.8 Å². The number of phenolic OH excluding ortho intramolecular Hbond substituents is 1. The second kappa shape index (κ2) is 3.22. The Morgan fingerprint density at radius 3 is 2.75 bits per heavy atom. The van der Waals surface area contributed by atoms with Crippen LogP contribution in [-0.4, -0.2) is 10.9 Å². The zero-order chi connectivity index (χ0) is 9.14. The van der Waals surface area contributed by atoms with Gasteiger partial charge in [0.2, 0.25) is 0 Å². The molecule has 2 heteroatoms. The van der Waals surface area contributed by atoms with Gasteiger partial charge < -0.3 is 5.11 Å². The van der Waals surface area contributed by atoms with Crippen LogP contribution in [0, 0.1) is 0 Å². The average molecular weight is 162 g/mol. The quantitative estimate of drug-likeness (QED) is 0.677. The minimum Gasteiger partial charge on any atom is -0.507 e. The lowest BCUT2D eigenvalue weighted by atomic mass is 10.1. The molecule has 1 rings (SSSR count). The van der Waals surface area contributed by atoms with Crippen molar-refractivity contribution in [2.45, 2.75) is 6.92 Å². The molecule has 1 aromatic carbocycles. The Balaban J connectivity index is 3.22. The Hall–Kier alpha value is -1.57. The number of Topliss-reactive ketones (excluding diaryl/α,β-unsaturated/α-hetero) is 1. The Morgan fingerprint density at radius 1 is 1.58 bits per heavy atom. The summed E-state index contributed by atoms with van der Waals surface area (Å²) in [4.78, 5) is 10.9. The van der Waals surface area contributed by atoms with E-state index in [4.69, 9.17) is 0 Å². The predicted octanol–water partition coefficient (Wildman–Crippen LogP) is 2.24. The van der Waals surface area contributed by atoms with Crippen molar-refractivity contribution in [1.29, 1.82) is 0 Å². The van der Waals surface area contributed by atoms with Crippen molar-refractivity contribution in [3.8, 4) is 5.75 Å². The highest BCUT2D eigenvalue weighted by Gasteiger charge is 2.02. The van der Waals surface area contributed by atoms with E-state index in [-0.39, 0.29) is 11.5 Å². The molecule has 0 amide bonds. The standard InChI is InChI=1S/C10H10O2/c1-3-8-6-9(7(2)11)4-5-10(8)12/h3-6,12H,1H2,2H3. The van der Waals surface area contributed by atoms with E-state index in [1.165, 1.54) is 19.1 Å². The number of rotatable bonds is 2. The molecule has 12 heavy (non-hydrogen) atoms. The largest absolute Gasteiger partial charge is 0.507 e. The lowest BCUT2D eigenvalue weighted by Gasteiger charge is -2.00. The van der Waals surface area contributed by atoms with Crippen LogP contribution in [0.3, 0.4) is 0 Å². The molecule has 0 aliphatic rings. The minimum atomic E-state index is -0.0156. The van der Waals surface area contributed by atoms with Gasteiger partial charge in [-0.15, -0.1) is 0 Å². The van der Waals surface area contributed by atoms with Gasteiger partial charge in [-0.05, 0) is 25.1 Å². The highest BCUT2D eigenvalue weighted by atomic mass is 16.3. The number of carbonyl (C=O) groups excluding carboxylic acids is 1. The van der Waals surface area contributed by atoms with Gasteiger partial charge in [0.25, 0.3) is 0 Å². The summed E-state index contributed by atoms with van der Waals surface area (Å²) in [6.45, 7) is 5.01. The lowest BCUT2D eigenvalue weighted by molar-refractivity contribution is 0.101. The average Bonchev–Trinajstić information content (AvgIpc) is 2.05. The van der Waals surface area contributed by atoms with Crippen LogP contribution in [0.2, 0.25) is 0 Å². The van der Waals surface area contributed by atoms with Crippen LogP contribution in [0.4, 0.5) is 0 Å². The second-order valence-electron chi connectivity index (χ2n) is 2.53. The smallest absolute Gasteiger partial charge is 0.159 e. The molecule has 0 aliphatic heterocycles. The molecule has 1 N–H and O–H groups in total. The summed E-state index contributed by atoms with van der Waals surface area (Å²) in [5.41, 5.74) is 1.17. The number of hydrogen-bond acceptors (Lipinski definition) is 2. The minimum absolute atomic E-state index is 0.0156. The molecule has 62 valence electrons. The molecule has 0 aliphatic carbocycles. The van der Waals surface area contributed by atoms with Gasteiger partial charge in [-0.2, -0.15) is 0 Å². The van der Waals surface area contributed by atoms with Crippen LogP contribution < -0.4 is 0 Å². The molecule has 0 spiro atoms. The van der Waals surface area contributed by atoms with E-state index in [1.54, 1.807) is 12.1 Å². The van der Waals surface area contributed by atoms with Gasteiger partial charge in [0.05, 0.1) is 0 Å². The van der Waals surface area contributed by atoms with Crippen molar-refractivity contribution in [3.05, 3.63) is 35.9 Å². The van der Waals surface area contributed by atoms with E-state index in [0.29, 0.717) is 11.1 Å². The van der Waals surface area contributed by atoms with E-state index in [0.717, 1.165) is 0 Å². The van der Waals surface area contributed by atoms with E-state index < -0.39 is 0 Å². The third-order valence-electron chi connectivity index (χ3n) is 1.65. The summed E-state index contributed by atoms with van der Waals surface area (Å²) in [7, 11) is 0. The third kappa shape index (κ3) is 1.53. The first-order chi connectivity index (χ1) is 5.65. The topological polar surface area (TPSA) is 37.3 Å². The first-order valence-electron chi connectivity index (χ1n) is 3.61. The molecule has 0 aromatic heterocycles. The van der Waals surface area contributed by atoms with E-state index in [9.17, 15) is 9.90 Å². The summed E-state index contributed by atoms with van der Waals surface area (Å²) in [6.07, 6.45) is 1.52. The van der Waals surface area contributed by atoms with Gasteiger partial charge >= 0.3 is 0 Å². The molecule has 2 nitrogen and oxygen atoms in total. The fraction of sp³-hybridized carbons (Fsp3) is 0.100. The van der Waals surface area contributed by atoms with E-state index in [1.807, 2.05) is 0 Å². The number of aromatic hydroxyl groups is 1. The zero-order valence-corrected chi connectivity index (χ0v) is 6.87. The van der Waals surface area contributed by atoms with E-state index >= 15 is 0 Å². The molecule has 0 fully saturated rings. The fourth-order valence-corrected chi connectivity index (χ4v) is 0.937. The van der Waals surface area contributed by atoms with Crippen LogP contribution in [0.25, 0.3) is 6.08 Å². The van der Waals surface area contributed by atoms with Crippen molar-refractivity contribution in [3.63, 3.8) is 0 Å². The monoisotopic (exact) mass is 162 g/mol. The Bertz CT molecular complexity index is 327. The van der Waals surface area contributed by atoms with E-state index in [2.05, 4.69) is 6.58 Å². The highest BCUT2D eigenvalue weighted by molar-refractivity contribution is 5.94. The fourth-order valence-electron chi connectivity index (χ4n) is 0.937. The Kier molecular flexibility index (Phi) is 2.29. The Labute approximate surface area is 71.2 Å². The molecule has 0 unspecified atom stereocenters. The van der Waals surface area contributed by atoms with Crippen LogP contribution in [0.15, 0.2) is 24.8 Å². The van der Waals surface area contributed by atoms with Gasteiger partial charge in [-0.25, -0.2) is 0 Å². The number of ketones is 1. The van der Waals surface area contributed by atoms with Crippen molar-refractivity contribution >= 4 is 11.9 Å². The first-order valence-corrected chi connectivity index (χ1v) is 3.61. The third-order valence-corrected chi connectivity index (χ3v) is 1.65. The molecule has 1 aromatic rings. The number of benzene rings is 1. The van der Waals surface area contributed by atoms with Gasteiger partial charge in [0.15, 0.2) is 5.78 Å². The highest BCUT2D eigenvalue weighted by Crippen LogP contribution is 2.19. The zero-order valence-electron chi connectivity index (χ0n) is 6.87. The SMILES string of the molecule is C=Cc1cc(C(C)=O)ccc1O. The second-order valence-corrected chi connectivity index (χ2v) is 2.53. The van der Waals surface area contributed by atoms with Crippen LogP contribution in [-0.2, 0) is 0 Å². The van der Waals surface area contributed by atoms with Crippen LogP contribution >= 0.6 is 0 Å². The molecule has 0 atom stereocenters. The van der Waals surface area contributed by atoms with Crippen molar-refractivity contribution < 1.29 is 9.90 Å². The summed E-state index contributed by atoms with van der Waals surface area (Å²) >= 11 is 0. The van der Waals surface area contributed by atoms with Gasteiger partial charge in [-0.3, -0.25) is 4.79 Å². The number of carbonyl (C=O) groups is 1. The Morgan fingerprint density at radius 2 is 2.25 bits per heavy atom. The molecule has 0 heterocycles. The summed E-state index contributed by atoms with van der Waals surface area (Å²) in [6, 6.07) is 4.70. The van der Waals surface area contributed by atoms with Crippen molar-refractivity contribution in [1.82, 2.24) is 0 Å². The maximum Gasteiger partial charge on any atom is 0.159 e. The molecule has 0 bridgehead atoms. The number of phenols is 1. The molecular weight excluding hydrogens is 152 g/mol. The number of hydrogen-bond donors (Lipinski definition) is 1. The maximum atomic E-state index is 10.9. The van der Waals surface area contributed by atoms with Gasteiger partial charge in [-0.1, -0.05) is 12.7 Å². The van der Waals surface area contributed by atoms with Crippen molar-refractivity contribution in [2.24, 2.45) is 0 Å². The molecule has 0 saturated heterocycles. The van der Waals surface area contributed by atoms with Gasteiger partial charge in [0.1, 0.15) is 5.75 Å².